The molecule has 4 fully saturated rings. The Labute approximate surface area is 189 Å². The van der Waals surface area contributed by atoms with Gasteiger partial charge in [0.15, 0.2) is 11.6 Å². The number of aliphatic hydroxyl groups excluding tert-OH is 2. The lowest BCUT2D eigenvalue weighted by molar-refractivity contribution is -0.368. The summed E-state index contributed by atoms with van der Waals surface area (Å²) < 4.78 is 0. The molecule has 0 radical (unpaired) electrons. The molecule has 0 spiro atoms. The smallest absolute Gasteiger partial charge is 0.303 e. The van der Waals surface area contributed by atoms with Crippen molar-refractivity contribution in [1.82, 2.24) is 0 Å². The maximum Gasteiger partial charge on any atom is 0.303 e. The zero-order valence-corrected chi connectivity index (χ0v) is 19.3. The Kier molecular flexibility index (Phi) is 5.80. The molecule has 32 heavy (non-hydrogen) atoms. The Morgan fingerprint density at radius 2 is 1.66 bits per heavy atom. The fraction of sp³-hybridized carbons (Fsp3) is 0.958. The first-order valence-electron chi connectivity index (χ1n) is 12.1. The van der Waals surface area contributed by atoms with Gasteiger partial charge in [-0.05, 0) is 66.6 Å². The van der Waals surface area contributed by atoms with Crippen molar-refractivity contribution < 1.29 is 40.5 Å². The van der Waals surface area contributed by atoms with Crippen LogP contribution < -0.4 is 0 Å². The summed E-state index contributed by atoms with van der Waals surface area (Å²) in [5.41, 5.74) is -1.16. The number of aliphatic hydroxyl groups is 6. The predicted molar refractivity (Wildman–Crippen MR) is 114 cm³/mol. The van der Waals surface area contributed by atoms with E-state index in [9.17, 15) is 35.4 Å². The topological polar surface area (TPSA) is 159 Å². The maximum absolute atomic E-state index is 11.5. The summed E-state index contributed by atoms with van der Waals surface area (Å²) in [7, 11) is 0. The molecule has 0 bridgehead atoms. The highest BCUT2D eigenvalue weighted by Crippen LogP contribution is 2.70. The molecule has 0 heterocycles. The van der Waals surface area contributed by atoms with Crippen molar-refractivity contribution >= 4 is 5.97 Å². The van der Waals surface area contributed by atoms with Gasteiger partial charge in [-0.15, -0.1) is 0 Å². The summed E-state index contributed by atoms with van der Waals surface area (Å²) in [5, 5.41) is 74.7. The normalized spacial score (nSPS) is 50.1. The lowest BCUT2D eigenvalue weighted by atomic mass is 9.41. The van der Waals surface area contributed by atoms with Crippen LogP contribution in [0.4, 0.5) is 0 Å². The number of carbonyl (C=O) groups is 1. The molecule has 0 aromatic rings. The Morgan fingerprint density at radius 1 is 1.00 bits per heavy atom. The monoisotopic (exact) mass is 456 g/mol. The number of rotatable bonds is 4. The molecule has 4 saturated carbocycles. The lowest BCUT2D eigenvalue weighted by Gasteiger charge is -2.66. The maximum atomic E-state index is 11.5. The molecule has 0 saturated heterocycles. The van der Waals surface area contributed by atoms with Crippen LogP contribution in [0.15, 0.2) is 0 Å². The Balaban J connectivity index is 1.70. The fourth-order valence-corrected chi connectivity index (χ4v) is 8.73. The third-order valence-electron chi connectivity index (χ3n) is 10.6. The second-order valence-corrected chi connectivity index (χ2v) is 12.0. The molecule has 4 aliphatic rings. The van der Waals surface area contributed by atoms with E-state index in [0.717, 1.165) is 6.42 Å². The first-order chi connectivity index (χ1) is 14.7. The minimum atomic E-state index is -2.40. The molecule has 10 atom stereocenters. The van der Waals surface area contributed by atoms with Gasteiger partial charge in [-0.2, -0.15) is 0 Å². The molecule has 0 aromatic carbocycles. The summed E-state index contributed by atoms with van der Waals surface area (Å²) in [6.45, 7) is 6.00. The third-order valence-corrected chi connectivity index (χ3v) is 10.6. The van der Waals surface area contributed by atoms with E-state index >= 15 is 0 Å². The van der Waals surface area contributed by atoms with Crippen LogP contribution in [-0.4, -0.2) is 65.5 Å². The fourth-order valence-electron chi connectivity index (χ4n) is 8.73. The van der Waals surface area contributed by atoms with Gasteiger partial charge in [0.1, 0.15) is 6.10 Å². The highest BCUT2D eigenvalue weighted by Gasteiger charge is 2.72. The summed E-state index contributed by atoms with van der Waals surface area (Å²) in [5.74, 6) is -6.93. The van der Waals surface area contributed by atoms with Crippen molar-refractivity contribution in [3.8, 4) is 0 Å². The van der Waals surface area contributed by atoms with Gasteiger partial charge in [0.25, 0.3) is 0 Å². The van der Waals surface area contributed by atoms with Crippen LogP contribution in [0.25, 0.3) is 0 Å². The van der Waals surface area contributed by atoms with Crippen LogP contribution >= 0.6 is 0 Å². The van der Waals surface area contributed by atoms with E-state index in [4.69, 9.17) is 5.11 Å². The van der Waals surface area contributed by atoms with Crippen LogP contribution in [0.5, 0.6) is 0 Å². The highest BCUT2D eigenvalue weighted by molar-refractivity contribution is 5.66. The minimum Gasteiger partial charge on any atom is -0.481 e. The van der Waals surface area contributed by atoms with Crippen LogP contribution in [0.2, 0.25) is 0 Å². The second-order valence-electron chi connectivity index (χ2n) is 12.0. The zero-order chi connectivity index (χ0) is 23.9. The van der Waals surface area contributed by atoms with Gasteiger partial charge < -0.3 is 35.7 Å². The minimum absolute atomic E-state index is 0.0511. The molecule has 4 aliphatic carbocycles. The number of hydrogen-bond donors (Lipinski definition) is 7. The van der Waals surface area contributed by atoms with Crippen molar-refractivity contribution in [2.45, 2.75) is 95.9 Å². The average Bonchev–Trinajstić information content (AvgIpc) is 3.05. The number of hydrogen-bond acceptors (Lipinski definition) is 7. The molecule has 8 nitrogen and oxygen atoms in total. The standard InChI is InChI=1S/C24H40O8/c1-12(4-7-18(26)27)13-5-6-14-19-15(10-17(25)22(13,14)3)21(2)8-9-23(29,30)11-16(21)20(28)24(19,31)32/h12-17,19-20,25,28-32H,4-11H2,1-3H3,(H,26,27)/t12-,13-,14+,15+,16+,17+,19+,20-,21-,22-/m1/s1. The quantitative estimate of drug-likeness (QED) is 0.309. The van der Waals surface area contributed by atoms with Crippen LogP contribution in [0.1, 0.15) is 72.1 Å². The van der Waals surface area contributed by atoms with Gasteiger partial charge in [-0.3, -0.25) is 4.79 Å². The van der Waals surface area contributed by atoms with Crippen molar-refractivity contribution in [2.75, 3.05) is 0 Å². The molecule has 0 amide bonds. The SMILES string of the molecule is C[C@H](CCC(=O)O)[C@H]1CC[C@H]2[C@H]3[C@H](C[C@H](O)[C@]12C)[C@@]1(C)CCC(O)(O)C[C@H]1[C@@H](O)C3(O)O. The van der Waals surface area contributed by atoms with Gasteiger partial charge in [-0.25, -0.2) is 0 Å². The summed E-state index contributed by atoms with van der Waals surface area (Å²) in [4.78, 5) is 11.1. The molecule has 0 aromatic heterocycles. The van der Waals surface area contributed by atoms with Crippen molar-refractivity contribution in [1.29, 1.82) is 0 Å². The number of carboxylic acid groups (broad SMARTS) is 1. The molecule has 184 valence electrons. The Morgan fingerprint density at radius 3 is 2.28 bits per heavy atom. The Bertz CT molecular complexity index is 752. The van der Waals surface area contributed by atoms with E-state index < -0.39 is 52.4 Å². The van der Waals surface area contributed by atoms with Crippen LogP contribution in [0, 0.1) is 46.3 Å². The third kappa shape index (κ3) is 3.36. The molecule has 0 unspecified atom stereocenters. The zero-order valence-electron chi connectivity index (χ0n) is 19.3. The van der Waals surface area contributed by atoms with Crippen molar-refractivity contribution in [3.05, 3.63) is 0 Å². The number of fused-ring (bicyclic) bond motifs is 5. The highest BCUT2D eigenvalue weighted by atomic mass is 16.5. The molecular weight excluding hydrogens is 416 g/mol. The first-order valence-corrected chi connectivity index (χ1v) is 12.1. The van der Waals surface area contributed by atoms with Crippen LogP contribution in [0.3, 0.4) is 0 Å². The van der Waals surface area contributed by atoms with Crippen LogP contribution in [-0.2, 0) is 4.79 Å². The molecular formula is C24H40O8. The van der Waals surface area contributed by atoms with E-state index in [1.165, 1.54) is 0 Å². The van der Waals surface area contributed by atoms with Gasteiger partial charge in [0.2, 0.25) is 0 Å². The van der Waals surface area contributed by atoms with Crippen molar-refractivity contribution in [3.63, 3.8) is 0 Å². The average molecular weight is 457 g/mol. The molecule has 8 heteroatoms. The molecule has 0 aliphatic heterocycles. The van der Waals surface area contributed by atoms with E-state index in [2.05, 4.69) is 0 Å². The summed E-state index contributed by atoms with van der Waals surface area (Å²) in [6, 6.07) is 0. The molecule has 7 N–H and O–H groups in total. The van der Waals surface area contributed by atoms with Crippen molar-refractivity contribution in [2.24, 2.45) is 46.3 Å². The van der Waals surface area contributed by atoms with Gasteiger partial charge in [0.05, 0.1) is 6.10 Å². The van der Waals surface area contributed by atoms with E-state index in [-0.39, 0.29) is 42.9 Å². The largest absolute Gasteiger partial charge is 0.481 e. The van der Waals surface area contributed by atoms with E-state index in [1.54, 1.807) is 0 Å². The van der Waals surface area contributed by atoms with Gasteiger partial charge in [-0.1, -0.05) is 20.8 Å². The predicted octanol–water partition coefficient (Wildman–Crippen LogP) is 1.06. The van der Waals surface area contributed by atoms with Gasteiger partial charge in [0, 0.05) is 31.1 Å². The second kappa shape index (κ2) is 7.62. The first kappa shape index (κ1) is 24.4. The summed E-state index contributed by atoms with van der Waals surface area (Å²) in [6.07, 6.45) is 0.595. The van der Waals surface area contributed by atoms with Gasteiger partial charge >= 0.3 is 5.97 Å². The lowest BCUT2D eigenvalue weighted by Crippen LogP contribution is -2.72. The number of aliphatic carboxylic acids is 1. The van der Waals surface area contributed by atoms with E-state index in [0.29, 0.717) is 25.7 Å². The number of carboxylic acids is 1. The van der Waals surface area contributed by atoms with E-state index in [1.807, 2.05) is 20.8 Å². The summed E-state index contributed by atoms with van der Waals surface area (Å²) >= 11 is 0. The molecule has 4 rings (SSSR count). The Hall–Kier alpha value is -0.770.